The number of urea groups is 1. The molecular weight excluding hydrogens is 284 g/mol. The lowest BCUT2D eigenvalue weighted by atomic mass is 10.0. The lowest BCUT2D eigenvalue weighted by Gasteiger charge is -2.25. The molecule has 1 atom stereocenters. The summed E-state index contributed by atoms with van der Waals surface area (Å²) >= 11 is 0. The molecule has 0 unspecified atom stereocenters. The fourth-order valence-electron chi connectivity index (χ4n) is 2.23. The number of pyridine rings is 1. The highest BCUT2D eigenvalue weighted by molar-refractivity contribution is 5.98. The minimum atomic E-state index is -0.305. The molecule has 7 nitrogen and oxygen atoms in total. The summed E-state index contributed by atoms with van der Waals surface area (Å²) in [5, 5.41) is 8.09. The molecule has 0 radical (unpaired) electrons. The van der Waals surface area contributed by atoms with E-state index in [1.165, 1.54) is 0 Å². The smallest absolute Gasteiger partial charge is 0.319 e. The van der Waals surface area contributed by atoms with Crippen LogP contribution in [-0.4, -0.2) is 36.1 Å². The molecule has 0 aliphatic carbocycles. The summed E-state index contributed by atoms with van der Waals surface area (Å²) in [5.41, 5.74) is 1.13. The van der Waals surface area contributed by atoms with Crippen LogP contribution in [0.3, 0.4) is 0 Å². The second-order valence-corrected chi connectivity index (χ2v) is 5.01. The van der Waals surface area contributed by atoms with Gasteiger partial charge in [-0.25, -0.2) is 4.79 Å². The third-order valence-electron chi connectivity index (χ3n) is 3.24. The van der Waals surface area contributed by atoms with E-state index in [9.17, 15) is 9.59 Å². The van der Waals surface area contributed by atoms with E-state index < -0.39 is 0 Å². The molecule has 0 saturated carbocycles. The first kappa shape index (κ1) is 15.8. The number of rotatable bonds is 6. The summed E-state index contributed by atoms with van der Waals surface area (Å²) in [4.78, 5) is 27.4. The SMILES string of the molecule is CC1=C(C(=O)NCCCOc2cccnc2)[C@H](C)NC(=O)N1. The Morgan fingerprint density at radius 2 is 2.32 bits per heavy atom. The zero-order valence-corrected chi connectivity index (χ0v) is 12.7. The van der Waals surface area contributed by atoms with Crippen molar-refractivity contribution in [1.82, 2.24) is 20.9 Å². The molecule has 0 saturated heterocycles. The third-order valence-corrected chi connectivity index (χ3v) is 3.24. The third kappa shape index (κ3) is 4.21. The number of carbonyl (C=O) groups excluding carboxylic acids is 2. The molecule has 118 valence electrons. The minimum absolute atomic E-state index is 0.182. The van der Waals surface area contributed by atoms with Gasteiger partial charge in [-0.2, -0.15) is 0 Å². The van der Waals surface area contributed by atoms with Crippen LogP contribution in [0.5, 0.6) is 5.75 Å². The van der Waals surface area contributed by atoms with Crippen LogP contribution < -0.4 is 20.7 Å². The number of hydrogen-bond acceptors (Lipinski definition) is 4. The summed E-state index contributed by atoms with van der Waals surface area (Å²) in [7, 11) is 0. The molecule has 1 aromatic heterocycles. The standard InChI is InChI=1S/C15H20N4O3/c1-10-13(11(2)19-15(21)18-10)14(20)17-7-4-8-22-12-5-3-6-16-9-12/h3,5-6,9-10H,4,7-8H2,1-2H3,(H,17,20)(H2,18,19,21)/t10-/m0/s1. The van der Waals surface area contributed by atoms with Crippen molar-refractivity contribution in [2.75, 3.05) is 13.2 Å². The first-order valence-corrected chi connectivity index (χ1v) is 7.17. The molecule has 1 aromatic rings. The highest BCUT2D eigenvalue weighted by atomic mass is 16.5. The number of carbonyl (C=O) groups is 2. The van der Waals surface area contributed by atoms with Gasteiger partial charge in [-0.05, 0) is 32.4 Å². The van der Waals surface area contributed by atoms with Gasteiger partial charge >= 0.3 is 6.03 Å². The van der Waals surface area contributed by atoms with Crippen LogP contribution >= 0.6 is 0 Å². The van der Waals surface area contributed by atoms with E-state index in [1.54, 1.807) is 32.3 Å². The van der Waals surface area contributed by atoms with Gasteiger partial charge in [0.05, 0.1) is 24.4 Å². The average Bonchev–Trinajstić information content (AvgIpc) is 2.47. The first-order valence-electron chi connectivity index (χ1n) is 7.17. The predicted octanol–water partition coefficient (Wildman–Crippen LogP) is 0.942. The van der Waals surface area contributed by atoms with Crippen LogP contribution in [0.2, 0.25) is 0 Å². The molecule has 0 bridgehead atoms. The number of nitrogens with one attached hydrogen (secondary N) is 3. The second kappa shape index (κ2) is 7.44. The largest absolute Gasteiger partial charge is 0.492 e. The average molecular weight is 304 g/mol. The number of amides is 3. The Bertz CT molecular complexity index is 571. The maximum Gasteiger partial charge on any atom is 0.319 e. The van der Waals surface area contributed by atoms with Gasteiger partial charge in [0.2, 0.25) is 0 Å². The quantitative estimate of drug-likeness (QED) is 0.682. The van der Waals surface area contributed by atoms with Gasteiger partial charge < -0.3 is 20.7 Å². The zero-order valence-electron chi connectivity index (χ0n) is 12.7. The molecule has 2 rings (SSSR count). The second-order valence-electron chi connectivity index (χ2n) is 5.01. The monoisotopic (exact) mass is 304 g/mol. The molecule has 0 spiro atoms. The van der Waals surface area contributed by atoms with Gasteiger partial charge in [0.1, 0.15) is 5.75 Å². The first-order chi connectivity index (χ1) is 10.6. The summed E-state index contributed by atoms with van der Waals surface area (Å²) in [6, 6.07) is 3.04. The molecule has 2 heterocycles. The van der Waals surface area contributed by atoms with Gasteiger partial charge in [0.25, 0.3) is 5.91 Å². The van der Waals surface area contributed by atoms with Gasteiger partial charge in [-0.3, -0.25) is 9.78 Å². The number of aromatic nitrogens is 1. The van der Waals surface area contributed by atoms with Crippen molar-refractivity contribution in [3.8, 4) is 5.75 Å². The lowest BCUT2D eigenvalue weighted by Crippen LogP contribution is -2.50. The molecule has 1 aliphatic heterocycles. The molecule has 0 aromatic carbocycles. The van der Waals surface area contributed by atoms with Crippen molar-refractivity contribution in [2.45, 2.75) is 26.3 Å². The van der Waals surface area contributed by atoms with Crippen molar-refractivity contribution >= 4 is 11.9 Å². The normalized spacial score (nSPS) is 17.5. The molecular formula is C15H20N4O3. The van der Waals surface area contributed by atoms with Gasteiger partial charge in [0, 0.05) is 18.4 Å². The highest BCUT2D eigenvalue weighted by Gasteiger charge is 2.26. The van der Waals surface area contributed by atoms with Crippen molar-refractivity contribution in [1.29, 1.82) is 0 Å². The van der Waals surface area contributed by atoms with Gasteiger partial charge in [-0.15, -0.1) is 0 Å². The lowest BCUT2D eigenvalue weighted by molar-refractivity contribution is -0.117. The van der Waals surface area contributed by atoms with Crippen molar-refractivity contribution < 1.29 is 14.3 Å². The minimum Gasteiger partial charge on any atom is -0.492 e. The molecule has 3 amide bonds. The fourth-order valence-corrected chi connectivity index (χ4v) is 2.23. The van der Waals surface area contributed by atoms with Gasteiger partial charge in [-0.1, -0.05) is 0 Å². The summed E-state index contributed by atoms with van der Waals surface area (Å²) in [6.45, 7) is 4.49. The Labute approximate surface area is 129 Å². The van der Waals surface area contributed by atoms with Crippen molar-refractivity contribution in [2.24, 2.45) is 0 Å². The summed E-state index contributed by atoms with van der Waals surface area (Å²) < 4.78 is 5.49. The number of nitrogens with zero attached hydrogens (tertiary/aromatic N) is 1. The summed E-state index contributed by atoms with van der Waals surface area (Å²) in [6.07, 6.45) is 4.01. The number of ether oxygens (including phenoxy) is 1. The van der Waals surface area contributed by atoms with Gasteiger partial charge in [0.15, 0.2) is 0 Å². The number of hydrogen-bond donors (Lipinski definition) is 3. The van der Waals surface area contributed by atoms with E-state index in [2.05, 4.69) is 20.9 Å². The predicted molar refractivity (Wildman–Crippen MR) is 81.2 cm³/mol. The highest BCUT2D eigenvalue weighted by Crippen LogP contribution is 2.11. The van der Waals surface area contributed by atoms with E-state index in [0.29, 0.717) is 36.6 Å². The van der Waals surface area contributed by atoms with E-state index in [4.69, 9.17) is 4.74 Å². The van der Waals surface area contributed by atoms with E-state index in [1.807, 2.05) is 6.07 Å². The Morgan fingerprint density at radius 3 is 3.00 bits per heavy atom. The van der Waals surface area contributed by atoms with Crippen LogP contribution in [0.1, 0.15) is 20.3 Å². The van der Waals surface area contributed by atoms with Crippen LogP contribution in [-0.2, 0) is 4.79 Å². The van der Waals surface area contributed by atoms with Crippen molar-refractivity contribution in [3.63, 3.8) is 0 Å². The maximum absolute atomic E-state index is 12.1. The fraction of sp³-hybridized carbons (Fsp3) is 0.400. The maximum atomic E-state index is 12.1. The Balaban J connectivity index is 1.74. The topological polar surface area (TPSA) is 92.3 Å². The molecule has 22 heavy (non-hydrogen) atoms. The van der Waals surface area contributed by atoms with E-state index in [-0.39, 0.29) is 18.0 Å². The van der Waals surface area contributed by atoms with E-state index in [0.717, 1.165) is 0 Å². The molecule has 3 N–H and O–H groups in total. The Kier molecular flexibility index (Phi) is 5.35. The molecule has 7 heteroatoms. The van der Waals surface area contributed by atoms with Crippen LogP contribution in [0, 0.1) is 0 Å². The van der Waals surface area contributed by atoms with Crippen LogP contribution in [0.25, 0.3) is 0 Å². The summed E-state index contributed by atoms with van der Waals surface area (Å²) in [5.74, 6) is 0.527. The number of allylic oxidation sites excluding steroid dienone is 1. The van der Waals surface area contributed by atoms with Crippen molar-refractivity contribution in [3.05, 3.63) is 35.8 Å². The molecule has 0 fully saturated rings. The van der Waals surface area contributed by atoms with Crippen LogP contribution in [0.4, 0.5) is 4.79 Å². The molecule has 1 aliphatic rings. The zero-order chi connectivity index (χ0) is 15.9. The Morgan fingerprint density at radius 1 is 1.50 bits per heavy atom. The van der Waals surface area contributed by atoms with E-state index >= 15 is 0 Å². The van der Waals surface area contributed by atoms with Crippen LogP contribution in [0.15, 0.2) is 35.8 Å². The Hall–Kier alpha value is -2.57.